The summed E-state index contributed by atoms with van der Waals surface area (Å²) in [5.74, 6) is 0. The molecule has 5 heteroatoms. The summed E-state index contributed by atoms with van der Waals surface area (Å²) in [4.78, 5) is 4.26. The second kappa shape index (κ2) is 4.80. The van der Waals surface area contributed by atoms with E-state index in [1.807, 2.05) is 12.3 Å². The quantitative estimate of drug-likeness (QED) is 0.848. The number of nitrogens with zero attached hydrogens (tertiary/aromatic N) is 1. The van der Waals surface area contributed by atoms with Crippen LogP contribution in [0.25, 0.3) is 0 Å². The Morgan fingerprint density at radius 3 is 2.21 bits per heavy atom. The van der Waals surface area contributed by atoms with Crippen molar-refractivity contribution in [3.63, 3.8) is 0 Å². The van der Waals surface area contributed by atoms with Crippen LogP contribution in [0.5, 0.6) is 0 Å². The summed E-state index contributed by atoms with van der Waals surface area (Å²) in [6.07, 6.45) is 3.61. The highest BCUT2D eigenvalue weighted by Crippen LogP contribution is 2.36. The summed E-state index contributed by atoms with van der Waals surface area (Å²) in [5.41, 5.74) is 1.30. The Labute approximate surface area is 116 Å². The molecule has 104 valence electrons. The minimum absolute atomic E-state index is 0.320. The van der Waals surface area contributed by atoms with Crippen molar-refractivity contribution in [1.82, 2.24) is 4.98 Å². The Hall–Kier alpha value is -1.07. The van der Waals surface area contributed by atoms with Crippen LogP contribution >= 0.6 is 0 Å². The molecule has 4 nitrogen and oxygen atoms in total. The zero-order chi connectivity index (χ0) is 14.3. The monoisotopic (exact) mass is 262 g/mol. The van der Waals surface area contributed by atoms with Gasteiger partial charge in [0.25, 0.3) is 0 Å². The largest absolute Gasteiger partial charge is 0.496 e. The molecule has 1 fully saturated rings. The van der Waals surface area contributed by atoms with Crippen LogP contribution in [0.4, 0.5) is 5.69 Å². The molecule has 1 aromatic rings. The predicted octanol–water partition coefficient (Wildman–Crippen LogP) is 2.20. The van der Waals surface area contributed by atoms with Crippen molar-refractivity contribution in [2.45, 2.75) is 58.8 Å². The Morgan fingerprint density at radius 1 is 1.11 bits per heavy atom. The van der Waals surface area contributed by atoms with E-state index in [0.717, 1.165) is 11.2 Å². The van der Waals surface area contributed by atoms with E-state index in [-0.39, 0.29) is 18.3 Å². The molecule has 1 aliphatic heterocycles. The number of pyridine rings is 1. The van der Waals surface area contributed by atoms with Gasteiger partial charge < -0.3 is 14.6 Å². The van der Waals surface area contributed by atoms with E-state index in [4.69, 9.17) is 9.31 Å². The molecule has 2 heterocycles. The van der Waals surface area contributed by atoms with Crippen LogP contribution < -0.4 is 10.8 Å². The van der Waals surface area contributed by atoms with Crippen LogP contribution in [0.15, 0.2) is 18.5 Å². The third-order valence-electron chi connectivity index (χ3n) is 3.74. The average Bonchev–Trinajstić information content (AvgIpc) is 2.47. The summed E-state index contributed by atoms with van der Waals surface area (Å²) in [6.45, 7) is 12.4. The molecule has 19 heavy (non-hydrogen) atoms. The molecule has 0 aromatic carbocycles. The molecule has 0 amide bonds. The van der Waals surface area contributed by atoms with Crippen LogP contribution in [0, 0.1) is 0 Å². The molecule has 0 bridgehead atoms. The van der Waals surface area contributed by atoms with E-state index in [1.54, 1.807) is 6.20 Å². The van der Waals surface area contributed by atoms with Gasteiger partial charge >= 0.3 is 7.12 Å². The molecule has 1 aromatic heterocycles. The van der Waals surface area contributed by atoms with E-state index >= 15 is 0 Å². The van der Waals surface area contributed by atoms with E-state index < -0.39 is 0 Å². The number of hydrogen-bond acceptors (Lipinski definition) is 4. The van der Waals surface area contributed by atoms with Crippen LogP contribution in [-0.2, 0) is 9.31 Å². The fraction of sp³-hybridized carbons (Fsp3) is 0.643. The van der Waals surface area contributed by atoms with E-state index in [1.165, 1.54) is 0 Å². The molecule has 1 aliphatic rings. The van der Waals surface area contributed by atoms with Crippen molar-refractivity contribution in [2.75, 3.05) is 5.32 Å². The van der Waals surface area contributed by atoms with E-state index in [9.17, 15) is 0 Å². The van der Waals surface area contributed by atoms with Gasteiger partial charge in [0.2, 0.25) is 0 Å². The minimum atomic E-state index is -0.355. The van der Waals surface area contributed by atoms with Gasteiger partial charge in [0.15, 0.2) is 0 Å². The molecule has 0 spiro atoms. The molecular formula is C14H23BN2O2. The van der Waals surface area contributed by atoms with Gasteiger partial charge in [-0.1, -0.05) is 0 Å². The Bertz CT molecular complexity index is 445. The summed E-state index contributed by atoms with van der Waals surface area (Å²) in [7, 11) is -0.355. The van der Waals surface area contributed by atoms with Crippen LogP contribution in [0.3, 0.4) is 0 Å². The van der Waals surface area contributed by atoms with Gasteiger partial charge in [-0.05, 0) is 47.6 Å². The standard InChI is InChI=1S/C14H23BN2O2/c1-10(2)17-12-7-11(8-16-9-12)15-18-13(3,4)14(5,6)19-15/h7-10,17H,1-6H3. The molecule has 0 saturated carbocycles. The fourth-order valence-corrected chi connectivity index (χ4v) is 1.98. The van der Waals surface area contributed by atoms with Crippen LogP contribution in [-0.4, -0.2) is 29.3 Å². The molecule has 1 saturated heterocycles. The first-order chi connectivity index (χ1) is 8.71. The zero-order valence-electron chi connectivity index (χ0n) is 12.7. The van der Waals surface area contributed by atoms with Crippen molar-refractivity contribution in [3.05, 3.63) is 18.5 Å². The third kappa shape index (κ3) is 2.93. The van der Waals surface area contributed by atoms with Crippen molar-refractivity contribution in [2.24, 2.45) is 0 Å². The van der Waals surface area contributed by atoms with Gasteiger partial charge in [0, 0.05) is 23.9 Å². The Kier molecular flexibility index (Phi) is 3.62. The highest BCUT2D eigenvalue weighted by molar-refractivity contribution is 6.62. The Morgan fingerprint density at radius 2 is 1.68 bits per heavy atom. The summed E-state index contributed by atoms with van der Waals surface area (Å²) in [5, 5.41) is 3.34. The van der Waals surface area contributed by atoms with Crippen molar-refractivity contribution < 1.29 is 9.31 Å². The first kappa shape index (κ1) is 14.3. The molecule has 2 rings (SSSR count). The van der Waals surface area contributed by atoms with E-state index in [0.29, 0.717) is 6.04 Å². The number of aromatic nitrogens is 1. The van der Waals surface area contributed by atoms with Gasteiger partial charge in [-0.3, -0.25) is 4.98 Å². The number of rotatable bonds is 3. The normalized spacial score (nSPS) is 20.9. The van der Waals surface area contributed by atoms with Gasteiger partial charge in [0.05, 0.1) is 16.9 Å². The molecule has 0 aliphatic carbocycles. The lowest BCUT2D eigenvalue weighted by Crippen LogP contribution is -2.41. The summed E-state index contributed by atoms with van der Waals surface area (Å²) >= 11 is 0. The summed E-state index contributed by atoms with van der Waals surface area (Å²) < 4.78 is 12.0. The predicted molar refractivity (Wildman–Crippen MR) is 78.7 cm³/mol. The highest BCUT2D eigenvalue weighted by Gasteiger charge is 2.51. The first-order valence-electron chi connectivity index (χ1n) is 6.78. The third-order valence-corrected chi connectivity index (χ3v) is 3.74. The first-order valence-corrected chi connectivity index (χ1v) is 6.78. The maximum absolute atomic E-state index is 6.02. The lowest BCUT2D eigenvalue weighted by Gasteiger charge is -2.32. The van der Waals surface area contributed by atoms with Crippen LogP contribution in [0.1, 0.15) is 41.5 Å². The lowest BCUT2D eigenvalue weighted by molar-refractivity contribution is 0.00578. The maximum atomic E-state index is 6.02. The second-order valence-electron chi connectivity index (χ2n) is 6.39. The van der Waals surface area contributed by atoms with Crippen molar-refractivity contribution >= 4 is 18.3 Å². The number of nitrogens with one attached hydrogen (secondary N) is 1. The fourth-order valence-electron chi connectivity index (χ4n) is 1.98. The van der Waals surface area contributed by atoms with Crippen LogP contribution in [0.2, 0.25) is 0 Å². The maximum Gasteiger partial charge on any atom is 0.496 e. The SMILES string of the molecule is CC(C)Nc1cncc(B2OC(C)(C)C(C)(C)O2)c1. The van der Waals surface area contributed by atoms with Gasteiger partial charge in [-0.25, -0.2) is 0 Å². The van der Waals surface area contributed by atoms with Gasteiger partial charge in [-0.15, -0.1) is 0 Å². The van der Waals surface area contributed by atoms with Gasteiger partial charge in [0.1, 0.15) is 0 Å². The smallest absolute Gasteiger partial charge is 0.399 e. The molecule has 0 atom stereocenters. The van der Waals surface area contributed by atoms with Gasteiger partial charge in [-0.2, -0.15) is 0 Å². The number of hydrogen-bond donors (Lipinski definition) is 1. The van der Waals surface area contributed by atoms with Crippen molar-refractivity contribution in [1.29, 1.82) is 0 Å². The average molecular weight is 262 g/mol. The zero-order valence-corrected chi connectivity index (χ0v) is 12.7. The highest BCUT2D eigenvalue weighted by atomic mass is 16.7. The minimum Gasteiger partial charge on any atom is -0.399 e. The molecule has 1 N–H and O–H groups in total. The topological polar surface area (TPSA) is 43.4 Å². The molecular weight excluding hydrogens is 239 g/mol. The Balaban J connectivity index is 2.20. The summed E-state index contributed by atoms with van der Waals surface area (Å²) in [6, 6.07) is 2.41. The molecule has 0 radical (unpaired) electrons. The van der Waals surface area contributed by atoms with Crippen molar-refractivity contribution in [3.8, 4) is 0 Å². The molecule has 0 unspecified atom stereocenters. The lowest BCUT2D eigenvalue weighted by atomic mass is 9.80. The number of anilines is 1. The second-order valence-corrected chi connectivity index (χ2v) is 6.39. The van der Waals surface area contributed by atoms with E-state index in [2.05, 4.69) is 51.8 Å².